The highest BCUT2D eigenvalue weighted by Crippen LogP contribution is 2.33. The van der Waals surface area contributed by atoms with Crippen LogP contribution in [0.3, 0.4) is 0 Å². The van der Waals surface area contributed by atoms with Crippen molar-refractivity contribution in [2.24, 2.45) is 0 Å². The van der Waals surface area contributed by atoms with Crippen molar-refractivity contribution in [1.82, 2.24) is 19.8 Å². The monoisotopic (exact) mass is 360 g/mol. The van der Waals surface area contributed by atoms with Gasteiger partial charge in [-0.15, -0.1) is 0 Å². The van der Waals surface area contributed by atoms with E-state index >= 15 is 0 Å². The second kappa shape index (κ2) is 7.39. The number of nitrogens with zero attached hydrogens (tertiary/aromatic N) is 6. The Hall–Kier alpha value is -1.89. The van der Waals surface area contributed by atoms with Gasteiger partial charge in [-0.25, -0.2) is 4.98 Å². The molecule has 1 aromatic rings. The summed E-state index contributed by atoms with van der Waals surface area (Å²) in [5.74, 6) is 2.04. The lowest BCUT2D eigenvalue weighted by Gasteiger charge is -2.49. The Kier molecular flexibility index (Phi) is 5.37. The van der Waals surface area contributed by atoms with Gasteiger partial charge in [0.25, 0.3) is 0 Å². The van der Waals surface area contributed by atoms with Crippen LogP contribution in [0.2, 0.25) is 0 Å². The third-order valence-corrected chi connectivity index (χ3v) is 5.98. The topological polar surface area (TPSA) is 55.8 Å². The van der Waals surface area contributed by atoms with E-state index in [2.05, 4.69) is 34.8 Å². The molecule has 1 amide bonds. The van der Waals surface area contributed by atoms with Crippen LogP contribution in [-0.2, 0) is 11.2 Å². The predicted octanol–water partition coefficient (Wildman–Crippen LogP) is 1.24. The summed E-state index contributed by atoms with van der Waals surface area (Å²) in [6.07, 6.45) is 3.44. The number of likely N-dealkylation sites (N-methyl/N-ethyl adjacent to an activating group) is 1. The molecule has 1 unspecified atom stereocenters. The van der Waals surface area contributed by atoms with Crippen molar-refractivity contribution in [2.75, 3.05) is 64.2 Å². The van der Waals surface area contributed by atoms with Gasteiger partial charge in [0.1, 0.15) is 5.82 Å². The summed E-state index contributed by atoms with van der Waals surface area (Å²) in [5.41, 5.74) is 1.11. The van der Waals surface area contributed by atoms with Crippen LogP contribution < -0.4 is 9.80 Å². The number of piperazine rings is 1. The lowest BCUT2D eigenvalue weighted by molar-refractivity contribution is -0.129. The average molecular weight is 361 g/mol. The van der Waals surface area contributed by atoms with Gasteiger partial charge < -0.3 is 14.7 Å². The SMILES string of the molecule is CCc1cc(N2CCN(C)C3(CCC(=O)N(C)CC3)C2)nc(N(C)C)n1. The molecule has 2 fully saturated rings. The summed E-state index contributed by atoms with van der Waals surface area (Å²) in [5, 5.41) is 0. The van der Waals surface area contributed by atoms with Crippen LogP contribution in [0.5, 0.6) is 0 Å². The van der Waals surface area contributed by atoms with Crippen molar-refractivity contribution in [2.45, 2.75) is 38.1 Å². The molecule has 1 atom stereocenters. The lowest BCUT2D eigenvalue weighted by atomic mass is 9.86. The molecule has 0 aromatic carbocycles. The van der Waals surface area contributed by atoms with Crippen LogP contribution >= 0.6 is 0 Å². The predicted molar refractivity (Wildman–Crippen MR) is 105 cm³/mol. The minimum Gasteiger partial charge on any atom is -0.353 e. The van der Waals surface area contributed by atoms with Gasteiger partial charge in [-0.1, -0.05) is 6.92 Å². The number of hydrogen-bond acceptors (Lipinski definition) is 6. The molecule has 2 aliphatic rings. The fraction of sp³-hybridized carbons (Fsp3) is 0.737. The van der Waals surface area contributed by atoms with Crippen LogP contribution in [-0.4, -0.2) is 85.6 Å². The summed E-state index contributed by atoms with van der Waals surface area (Å²) < 4.78 is 0. The third-order valence-electron chi connectivity index (χ3n) is 5.98. The van der Waals surface area contributed by atoms with Crippen molar-refractivity contribution >= 4 is 17.7 Å². The van der Waals surface area contributed by atoms with Crippen LogP contribution in [0.15, 0.2) is 6.07 Å². The van der Waals surface area contributed by atoms with E-state index in [1.54, 1.807) is 0 Å². The number of anilines is 2. The van der Waals surface area contributed by atoms with Crippen molar-refractivity contribution in [3.63, 3.8) is 0 Å². The zero-order valence-corrected chi connectivity index (χ0v) is 16.8. The van der Waals surface area contributed by atoms with Gasteiger partial charge in [0.15, 0.2) is 0 Å². The highest BCUT2D eigenvalue weighted by Gasteiger charge is 2.42. The normalized spacial score (nSPS) is 24.9. The Morgan fingerprint density at radius 1 is 1.15 bits per heavy atom. The highest BCUT2D eigenvalue weighted by molar-refractivity contribution is 5.76. The van der Waals surface area contributed by atoms with E-state index in [0.717, 1.165) is 62.9 Å². The smallest absolute Gasteiger partial charge is 0.227 e. The average Bonchev–Trinajstić information content (AvgIpc) is 2.78. The number of aromatic nitrogens is 2. The van der Waals surface area contributed by atoms with Crippen LogP contribution in [0.4, 0.5) is 11.8 Å². The fourth-order valence-corrected chi connectivity index (χ4v) is 3.97. The number of hydrogen-bond donors (Lipinski definition) is 0. The highest BCUT2D eigenvalue weighted by atomic mass is 16.2. The molecule has 2 aliphatic heterocycles. The molecule has 1 aromatic heterocycles. The van der Waals surface area contributed by atoms with Gasteiger partial charge in [0, 0.05) is 71.0 Å². The van der Waals surface area contributed by atoms with E-state index in [-0.39, 0.29) is 11.4 Å². The maximum Gasteiger partial charge on any atom is 0.227 e. The third kappa shape index (κ3) is 3.63. The zero-order chi connectivity index (χ0) is 18.9. The molecule has 2 saturated heterocycles. The van der Waals surface area contributed by atoms with Crippen LogP contribution in [0.25, 0.3) is 0 Å². The van der Waals surface area contributed by atoms with Crippen molar-refractivity contribution in [3.8, 4) is 0 Å². The molecule has 0 saturated carbocycles. The van der Waals surface area contributed by atoms with E-state index in [9.17, 15) is 4.79 Å². The Morgan fingerprint density at radius 3 is 2.62 bits per heavy atom. The minimum atomic E-state index is 0.0360. The molecule has 1 spiro atoms. The molecule has 7 nitrogen and oxygen atoms in total. The molecule has 7 heteroatoms. The second-order valence-electron chi connectivity index (χ2n) is 7.90. The zero-order valence-electron chi connectivity index (χ0n) is 16.8. The Bertz CT molecular complexity index is 663. The first kappa shape index (κ1) is 18.9. The Morgan fingerprint density at radius 2 is 1.92 bits per heavy atom. The maximum atomic E-state index is 12.2. The molecular weight excluding hydrogens is 328 g/mol. The van der Waals surface area contributed by atoms with Gasteiger partial charge >= 0.3 is 0 Å². The number of likely N-dealkylation sites (tertiary alicyclic amines) is 1. The summed E-state index contributed by atoms with van der Waals surface area (Å²) in [6.45, 7) is 5.81. The summed E-state index contributed by atoms with van der Waals surface area (Å²) in [7, 11) is 8.09. The van der Waals surface area contributed by atoms with Crippen molar-refractivity contribution < 1.29 is 4.79 Å². The molecule has 0 aliphatic carbocycles. The maximum absolute atomic E-state index is 12.2. The first-order valence-corrected chi connectivity index (χ1v) is 9.60. The summed E-state index contributed by atoms with van der Waals surface area (Å²) in [4.78, 5) is 30.3. The summed E-state index contributed by atoms with van der Waals surface area (Å²) >= 11 is 0. The number of carbonyl (C=O) groups excluding carboxylic acids is 1. The van der Waals surface area contributed by atoms with Gasteiger partial charge in [0.2, 0.25) is 11.9 Å². The van der Waals surface area contributed by atoms with Crippen molar-refractivity contribution in [1.29, 1.82) is 0 Å². The first-order valence-electron chi connectivity index (χ1n) is 9.60. The van der Waals surface area contributed by atoms with E-state index in [1.165, 1.54) is 0 Å². The van der Waals surface area contributed by atoms with E-state index in [4.69, 9.17) is 4.98 Å². The molecule has 0 radical (unpaired) electrons. The van der Waals surface area contributed by atoms with Crippen molar-refractivity contribution in [3.05, 3.63) is 11.8 Å². The quantitative estimate of drug-likeness (QED) is 0.808. The molecule has 26 heavy (non-hydrogen) atoms. The van der Waals surface area contributed by atoms with Gasteiger partial charge in [-0.2, -0.15) is 4.98 Å². The molecule has 3 rings (SSSR count). The van der Waals surface area contributed by atoms with Crippen LogP contribution in [0, 0.1) is 0 Å². The molecule has 0 bridgehead atoms. The Labute approximate surface area is 157 Å². The number of rotatable bonds is 3. The molecule has 144 valence electrons. The minimum absolute atomic E-state index is 0.0360. The van der Waals surface area contributed by atoms with E-state index in [1.807, 2.05) is 30.9 Å². The van der Waals surface area contributed by atoms with Crippen LogP contribution in [0.1, 0.15) is 31.9 Å². The van der Waals surface area contributed by atoms with E-state index in [0.29, 0.717) is 6.42 Å². The van der Waals surface area contributed by atoms with E-state index < -0.39 is 0 Å². The first-order chi connectivity index (χ1) is 12.3. The standard InChI is InChI=1S/C19H32N6O/c1-6-15-13-16(21-18(20-15)22(2)3)25-12-11-24(5)19(14-25)8-7-17(26)23(4)10-9-19/h13H,6-12,14H2,1-5H3. The largest absolute Gasteiger partial charge is 0.353 e. The van der Waals surface area contributed by atoms with Gasteiger partial charge in [0.05, 0.1) is 0 Å². The van der Waals surface area contributed by atoms with Gasteiger partial charge in [-0.3, -0.25) is 9.69 Å². The molecule has 0 N–H and O–H groups in total. The lowest BCUT2D eigenvalue weighted by Crippen LogP contribution is -2.61. The number of amides is 1. The molecule has 3 heterocycles. The second-order valence-corrected chi connectivity index (χ2v) is 7.90. The number of aryl methyl sites for hydroxylation is 1. The fourth-order valence-electron chi connectivity index (χ4n) is 3.97. The summed E-state index contributed by atoms with van der Waals surface area (Å²) in [6, 6.07) is 2.12. The van der Waals surface area contributed by atoms with Gasteiger partial charge in [-0.05, 0) is 26.3 Å². The molecular formula is C19H32N6O. The Balaban J connectivity index is 1.88. The number of carbonyl (C=O) groups is 1.